The molecule has 1 heterocycles. The topological polar surface area (TPSA) is 52.3 Å². The van der Waals surface area contributed by atoms with E-state index in [-0.39, 0.29) is 5.97 Å². The minimum atomic E-state index is -0.368. The molecule has 0 saturated carbocycles. The zero-order valence-corrected chi connectivity index (χ0v) is 7.90. The van der Waals surface area contributed by atoms with E-state index < -0.39 is 0 Å². The first kappa shape index (κ1) is 8.74. The highest BCUT2D eigenvalue weighted by molar-refractivity contribution is 5.94. The molecule has 1 aromatic carbocycles. The Hall–Kier alpha value is -1.84. The van der Waals surface area contributed by atoms with Crippen molar-refractivity contribution >= 4 is 16.9 Å². The van der Waals surface area contributed by atoms with Crippen molar-refractivity contribution in [3.63, 3.8) is 0 Å². The molecule has 0 amide bonds. The summed E-state index contributed by atoms with van der Waals surface area (Å²) in [5.41, 5.74) is 1.15. The summed E-state index contributed by atoms with van der Waals surface area (Å²) >= 11 is 0. The predicted octanol–water partition coefficient (Wildman–Crippen LogP) is 1.92. The maximum atomic E-state index is 11.2. The third kappa shape index (κ3) is 1.25. The summed E-state index contributed by atoms with van der Waals surface area (Å²) in [5, 5.41) is 4.73. The molecule has 4 heteroatoms. The van der Waals surface area contributed by atoms with Crippen LogP contribution < -0.4 is 0 Å². The van der Waals surface area contributed by atoms with Crippen LogP contribution in [0.1, 0.15) is 16.1 Å². The van der Waals surface area contributed by atoms with Crippen molar-refractivity contribution < 1.29 is 14.1 Å². The molecule has 0 unspecified atom stereocenters. The molecule has 0 radical (unpaired) electrons. The second kappa shape index (κ2) is 3.14. The Kier molecular flexibility index (Phi) is 1.96. The van der Waals surface area contributed by atoms with Crippen LogP contribution in [0.4, 0.5) is 0 Å². The Labute approximate surface area is 80.4 Å². The maximum Gasteiger partial charge on any atom is 0.337 e. The smallest absolute Gasteiger partial charge is 0.337 e. The molecular formula is C10H9NO3. The molecule has 2 rings (SSSR count). The maximum absolute atomic E-state index is 11.2. The third-order valence-corrected chi connectivity index (χ3v) is 2.08. The number of esters is 1. The highest BCUT2D eigenvalue weighted by Crippen LogP contribution is 2.18. The van der Waals surface area contributed by atoms with Crippen LogP contribution in [0.5, 0.6) is 0 Å². The van der Waals surface area contributed by atoms with Crippen LogP contribution in [0, 0.1) is 6.92 Å². The molecule has 1 aromatic heterocycles. The lowest BCUT2D eigenvalue weighted by Crippen LogP contribution is -2.00. The van der Waals surface area contributed by atoms with Gasteiger partial charge in [-0.3, -0.25) is 0 Å². The van der Waals surface area contributed by atoms with E-state index in [1.54, 1.807) is 18.2 Å². The van der Waals surface area contributed by atoms with Crippen molar-refractivity contribution in [1.82, 2.24) is 5.16 Å². The number of carbonyl (C=O) groups is 1. The number of hydrogen-bond donors (Lipinski definition) is 0. The molecule has 0 atom stereocenters. The Balaban J connectivity index is 2.57. The van der Waals surface area contributed by atoms with Crippen LogP contribution in [-0.4, -0.2) is 18.2 Å². The SMILES string of the molecule is COC(=O)c1ccc2c(C)onc2c1. The third-order valence-electron chi connectivity index (χ3n) is 2.08. The van der Waals surface area contributed by atoms with Gasteiger partial charge in [0.25, 0.3) is 0 Å². The van der Waals surface area contributed by atoms with Gasteiger partial charge in [-0.2, -0.15) is 0 Å². The molecule has 0 N–H and O–H groups in total. The summed E-state index contributed by atoms with van der Waals surface area (Å²) in [4.78, 5) is 11.2. The van der Waals surface area contributed by atoms with Gasteiger partial charge in [0.05, 0.1) is 12.7 Å². The summed E-state index contributed by atoms with van der Waals surface area (Å²) in [7, 11) is 1.35. The van der Waals surface area contributed by atoms with Crippen molar-refractivity contribution in [3.05, 3.63) is 29.5 Å². The van der Waals surface area contributed by atoms with Crippen molar-refractivity contribution in [2.24, 2.45) is 0 Å². The van der Waals surface area contributed by atoms with Crippen LogP contribution in [0.2, 0.25) is 0 Å². The standard InChI is InChI=1S/C10H9NO3/c1-6-8-4-3-7(10(12)13-2)5-9(8)11-14-6/h3-5H,1-2H3. The molecule has 0 aliphatic rings. The summed E-state index contributed by atoms with van der Waals surface area (Å²) in [5.74, 6) is 0.379. The molecule has 14 heavy (non-hydrogen) atoms. The van der Waals surface area contributed by atoms with E-state index in [0.717, 1.165) is 11.1 Å². The van der Waals surface area contributed by atoms with E-state index in [1.165, 1.54) is 7.11 Å². The predicted molar refractivity (Wildman–Crippen MR) is 50.1 cm³/mol. The zero-order chi connectivity index (χ0) is 10.1. The molecule has 0 aliphatic carbocycles. The minimum absolute atomic E-state index is 0.368. The van der Waals surface area contributed by atoms with Crippen molar-refractivity contribution in [3.8, 4) is 0 Å². The lowest BCUT2D eigenvalue weighted by molar-refractivity contribution is 0.0601. The van der Waals surface area contributed by atoms with E-state index in [4.69, 9.17) is 4.52 Å². The summed E-state index contributed by atoms with van der Waals surface area (Å²) < 4.78 is 9.58. The Morgan fingerprint density at radius 3 is 3.00 bits per heavy atom. The summed E-state index contributed by atoms with van der Waals surface area (Å²) in [6, 6.07) is 5.14. The van der Waals surface area contributed by atoms with Gasteiger partial charge in [0, 0.05) is 5.39 Å². The largest absolute Gasteiger partial charge is 0.465 e. The van der Waals surface area contributed by atoms with Gasteiger partial charge >= 0.3 is 5.97 Å². The number of fused-ring (bicyclic) bond motifs is 1. The minimum Gasteiger partial charge on any atom is -0.465 e. The van der Waals surface area contributed by atoms with Crippen LogP contribution in [-0.2, 0) is 4.74 Å². The highest BCUT2D eigenvalue weighted by Gasteiger charge is 2.09. The molecule has 2 aromatic rings. The molecule has 72 valence electrons. The highest BCUT2D eigenvalue weighted by atomic mass is 16.5. The molecule has 4 nitrogen and oxygen atoms in total. The molecule has 0 bridgehead atoms. The van der Waals surface area contributed by atoms with Crippen LogP contribution in [0.15, 0.2) is 22.7 Å². The number of rotatable bonds is 1. The number of aryl methyl sites for hydroxylation is 1. The molecule has 0 fully saturated rings. The van der Waals surface area contributed by atoms with E-state index >= 15 is 0 Å². The van der Waals surface area contributed by atoms with Gasteiger partial charge < -0.3 is 9.26 Å². The van der Waals surface area contributed by atoms with E-state index in [1.807, 2.05) is 6.92 Å². The van der Waals surface area contributed by atoms with Crippen LogP contribution >= 0.6 is 0 Å². The fraction of sp³-hybridized carbons (Fsp3) is 0.200. The number of nitrogens with zero attached hydrogens (tertiary/aromatic N) is 1. The number of hydrogen-bond acceptors (Lipinski definition) is 4. The molecule has 0 spiro atoms. The van der Waals surface area contributed by atoms with Gasteiger partial charge in [-0.25, -0.2) is 4.79 Å². The fourth-order valence-corrected chi connectivity index (χ4v) is 1.32. The zero-order valence-electron chi connectivity index (χ0n) is 7.90. The van der Waals surface area contributed by atoms with E-state index in [9.17, 15) is 4.79 Å². The lowest BCUT2D eigenvalue weighted by Gasteiger charge is -1.97. The van der Waals surface area contributed by atoms with Gasteiger partial charge in [-0.15, -0.1) is 0 Å². The van der Waals surface area contributed by atoms with E-state index in [0.29, 0.717) is 11.1 Å². The summed E-state index contributed by atoms with van der Waals surface area (Å²) in [6.07, 6.45) is 0. The number of ether oxygens (including phenoxy) is 1. The number of methoxy groups -OCH3 is 1. The Bertz CT molecular complexity index is 487. The van der Waals surface area contributed by atoms with Gasteiger partial charge in [-0.1, -0.05) is 5.16 Å². The summed E-state index contributed by atoms with van der Waals surface area (Å²) in [6.45, 7) is 1.83. The average Bonchev–Trinajstić information content (AvgIpc) is 2.59. The molecule has 0 aliphatic heterocycles. The quantitative estimate of drug-likeness (QED) is 0.646. The second-order valence-corrected chi connectivity index (χ2v) is 2.96. The molecular weight excluding hydrogens is 182 g/mol. The van der Waals surface area contributed by atoms with Crippen molar-refractivity contribution in [2.75, 3.05) is 7.11 Å². The van der Waals surface area contributed by atoms with Crippen LogP contribution in [0.3, 0.4) is 0 Å². The molecule has 0 saturated heterocycles. The van der Waals surface area contributed by atoms with Gasteiger partial charge in [0.1, 0.15) is 11.3 Å². The normalized spacial score (nSPS) is 10.4. The fourth-order valence-electron chi connectivity index (χ4n) is 1.32. The Morgan fingerprint density at radius 2 is 2.29 bits per heavy atom. The van der Waals surface area contributed by atoms with Gasteiger partial charge in [-0.05, 0) is 25.1 Å². The first-order valence-electron chi connectivity index (χ1n) is 4.16. The number of benzene rings is 1. The van der Waals surface area contributed by atoms with Crippen LogP contribution in [0.25, 0.3) is 10.9 Å². The van der Waals surface area contributed by atoms with Gasteiger partial charge in [0.15, 0.2) is 0 Å². The van der Waals surface area contributed by atoms with Crippen molar-refractivity contribution in [2.45, 2.75) is 6.92 Å². The first-order valence-corrected chi connectivity index (χ1v) is 4.16. The monoisotopic (exact) mass is 191 g/mol. The average molecular weight is 191 g/mol. The Morgan fingerprint density at radius 1 is 1.50 bits per heavy atom. The van der Waals surface area contributed by atoms with Gasteiger partial charge in [0.2, 0.25) is 0 Å². The lowest BCUT2D eigenvalue weighted by atomic mass is 10.1. The van der Waals surface area contributed by atoms with E-state index in [2.05, 4.69) is 9.89 Å². The first-order chi connectivity index (χ1) is 6.72. The number of carbonyl (C=O) groups excluding carboxylic acids is 1. The second-order valence-electron chi connectivity index (χ2n) is 2.96. The van der Waals surface area contributed by atoms with Crippen molar-refractivity contribution in [1.29, 1.82) is 0 Å². The number of aromatic nitrogens is 1.